The van der Waals surface area contributed by atoms with Crippen LogP contribution in [-0.4, -0.2) is 35.6 Å². The fourth-order valence-electron chi connectivity index (χ4n) is 3.90. The molecular weight excluding hydrogens is 324 g/mol. The Bertz CT molecular complexity index is 821. The average Bonchev–Trinajstić information content (AvgIpc) is 3.33. The van der Waals surface area contributed by atoms with Gasteiger partial charge in [-0.15, -0.1) is 0 Å². The van der Waals surface area contributed by atoms with Crippen molar-refractivity contribution in [3.05, 3.63) is 41.6 Å². The summed E-state index contributed by atoms with van der Waals surface area (Å²) < 4.78 is 0. The van der Waals surface area contributed by atoms with Crippen LogP contribution in [0.15, 0.2) is 30.5 Å². The Morgan fingerprint density at radius 2 is 2.19 bits per heavy atom. The van der Waals surface area contributed by atoms with Crippen LogP contribution < -0.4 is 15.5 Å². The molecule has 0 amide bonds. The molecule has 4 heterocycles. The minimum atomic E-state index is 0.521. The highest BCUT2D eigenvalue weighted by molar-refractivity contribution is 5.59. The molecule has 2 aromatic heterocycles. The summed E-state index contributed by atoms with van der Waals surface area (Å²) in [6, 6.07) is 10.5. The zero-order valence-electron chi connectivity index (χ0n) is 15.1. The second-order valence-corrected chi connectivity index (χ2v) is 7.18. The zero-order valence-corrected chi connectivity index (χ0v) is 15.1. The Balaban J connectivity index is 1.68. The molecule has 6 nitrogen and oxygen atoms in total. The summed E-state index contributed by atoms with van der Waals surface area (Å²) in [6.45, 7) is 5.41. The minimum Gasteiger partial charge on any atom is -0.354 e. The van der Waals surface area contributed by atoms with Crippen LogP contribution in [-0.2, 0) is 0 Å². The minimum absolute atomic E-state index is 0.521. The van der Waals surface area contributed by atoms with E-state index in [2.05, 4.69) is 45.6 Å². The molecule has 26 heavy (non-hydrogen) atoms. The Morgan fingerprint density at radius 1 is 1.27 bits per heavy atom. The van der Waals surface area contributed by atoms with E-state index in [1.165, 1.54) is 18.4 Å². The van der Waals surface area contributed by atoms with Gasteiger partial charge < -0.3 is 15.5 Å². The molecule has 1 unspecified atom stereocenters. The number of anilines is 3. The molecule has 4 rings (SSSR count). The molecule has 134 valence electrons. The van der Waals surface area contributed by atoms with Gasteiger partial charge in [0.1, 0.15) is 17.5 Å². The van der Waals surface area contributed by atoms with Gasteiger partial charge in [-0.05, 0) is 68.5 Å². The molecule has 0 aliphatic carbocycles. The first-order valence-corrected chi connectivity index (χ1v) is 9.35. The van der Waals surface area contributed by atoms with Gasteiger partial charge in [0.25, 0.3) is 0 Å². The molecule has 0 spiro atoms. The normalized spacial score (nSPS) is 22.4. The summed E-state index contributed by atoms with van der Waals surface area (Å²) in [6.07, 6.45) is 5.23. The van der Waals surface area contributed by atoms with Crippen LogP contribution in [0.3, 0.4) is 0 Å². The van der Waals surface area contributed by atoms with Gasteiger partial charge in [0.15, 0.2) is 0 Å². The molecule has 2 aromatic rings. The van der Waals surface area contributed by atoms with Gasteiger partial charge in [0.05, 0.1) is 11.6 Å². The number of hydrogen-bond donors (Lipinski definition) is 2. The van der Waals surface area contributed by atoms with Gasteiger partial charge in [-0.1, -0.05) is 0 Å². The van der Waals surface area contributed by atoms with E-state index in [1.54, 1.807) is 18.3 Å². The fourth-order valence-corrected chi connectivity index (χ4v) is 3.90. The maximum absolute atomic E-state index is 9.10. The highest BCUT2D eigenvalue weighted by Gasteiger charge is 2.24. The average molecular weight is 348 g/mol. The number of nitriles is 1. The van der Waals surface area contributed by atoms with Crippen LogP contribution in [0.4, 0.5) is 17.5 Å². The lowest BCUT2D eigenvalue weighted by Crippen LogP contribution is -2.27. The van der Waals surface area contributed by atoms with Crippen molar-refractivity contribution in [2.45, 2.75) is 38.1 Å². The molecule has 6 heteroatoms. The van der Waals surface area contributed by atoms with Crippen LogP contribution in [0.5, 0.6) is 0 Å². The van der Waals surface area contributed by atoms with E-state index in [1.807, 2.05) is 0 Å². The highest BCUT2D eigenvalue weighted by atomic mass is 15.2. The maximum Gasteiger partial charge on any atom is 0.134 e. The van der Waals surface area contributed by atoms with Crippen molar-refractivity contribution in [1.82, 2.24) is 15.3 Å². The van der Waals surface area contributed by atoms with Crippen molar-refractivity contribution in [1.29, 1.82) is 5.26 Å². The van der Waals surface area contributed by atoms with Gasteiger partial charge in [-0.3, -0.25) is 0 Å². The summed E-state index contributed by atoms with van der Waals surface area (Å²) in [5.41, 5.74) is 1.91. The third-order valence-corrected chi connectivity index (χ3v) is 5.36. The highest BCUT2D eigenvalue weighted by Crippen LogP contribution is 2.31. The number of rotatable bonds is 4. The van der Waals surface area contributed by atoms with Crippen molar-refractivity contribution < 1.29 is 0 Å². The molecule has 0 aromatic carbocycles. The van der Waals surface area contributed by atoms with Crippen molar-refractivity contribution in [3.63, 3.8) is 0 Å². The Kier molecular flexibility index (Phi) is 4.72. The Labute approximate surface area is 154 Å². The van der Waals surface area contributed by atoms with Crippen molar-refractivity contribution in [3.8, 4) is 6.07 Å². The molecule has 2 atom stereocenters. The molecular formula is C20H24N6. The third-order valence-electron chi connectivity index (χ3n) is 5.36. The van der Waals surface area contributed by atoms with Crippen molar-refractivity contribution >= 4 is 17.5 Å². The molecule has 2 fully saturated rings. The maximum atomic E-state index is 9.10. The molecule has 2 N–H and O–H groups in total. The number of nitrogens with zero attached hydrogens (tertiary/aromatic N) is 4. The fraction of sp³-hybridized carbons (Fsp3) is 0.450. The van der Waals surface area contributed by atoms with E-state index < -0.39 is 0 Å². The van der Waals surface area contributed by atoms with E-state index in [0.29, 0.717) is 23.3 Å². The monoisotopic (exact) mass is 348 g/mol. The number of aromatic nitrogens is 2. The molecule has 0 bridgehead atoms. The molecule has 2 aliphatic rings. The summed E-state index contributed by atoms with van der Waals surface area (Å²) in [5, 5.41) is 15.8. The molecule has 0 radical (unpaired) electrons. The first-order chi connectivity index (χ1) is 12.7. The number of pyridine rings is 2. The number of hydrogen-bond acceptors (Lipinski definition) is 6. The Morgan fingerprint density at radius 3 is 2.92 bits per heavy atom. The molecule has 0 saturated carbocycles. The predicted molar refractivity (Wildman–Crippen MR) is 103 cm³/mol. The van der Waals surface area contributed by atoms with Gasteiger partial charge in [-0.25, -0.2) is 9.97 Å². The molecule has 2 saturated heterocycles. The second kappa shape index (κ2) is 7.30. The van der Waals surface area contributed by atoms with E-state index in [0.717, 1.165) is 37.7 Å². The van der Waals surface area contributed by atoms with Gasteiger partial charge in [0, 0.05) is 25.3 Å². The largest absolute Gasteiger partial charge is 0.354 e. The lowest BCUT2D eigenvalue weighted by molar-refractivity contribution is 0.722. The van der Waals surface area contributed by atoms with Crippen LogP contribution in [0.1, 0.15) is 43.2 Å². The predicted octanol–water partition coefficient (Wildman–Crippen LogP) is 3.16. The van der Waals surface area contributed by atoms with E-state index in [9.17, 15) is 0 Å². The zero-order chi connectivity index (χ0) is 17.9. The smallest absolute Gasteiger partial charge is 0.134 e. The molecule has 2 aliphatic heterocycles. The van der Waals surface area contributed by atoms with Crippen LogP contribution in [0, 0.1) is 11.3 Å². The first kappa shape index (κ1) is 16.8. The first-order valence-electron chi connectivity index (χ1n) is 9.35. The van der Waals surface area contributed by atoms with Crippen molar-refractivity contribution in [2.24, 2.45) is 0 Å². The van der Waals surface area contributed by atoms with E-state index in [-0.39, 0.29) is 0 Å². The van der Waals surface area contributed by atoms with Crippen LogP contribution >= 0.6 is 0 Å². The van der Waals surface area contributed by atoms with E-state index >= 15 is 0 Å². The lowest BCUT2D eigenvalue weighted by Gasteiger charge is -2.25. The topological polar surface area (TPSA) is 76.9 Å². The quantitative estimate of drug-likeness (QED) is 0.884. The summed E-state index contributed by atoms with van der Waals surface area (Å²) in [7, 11) is 0. The standard InChI is InChI=1S/C20H24N6/c1-14-3-2-8-26(14)20-11-17(16-5-6-22-13-16)10-19(25-20)24-18-9-15(12-21)4-7-23-18/h4,7,9-11,14,16,22H,2-3,5-6,8,13H2,1H3,(H,23,24,25)/t14-,16?/m1/s1. The van der Waals surface area contributed by atoms with E-state index in [4.69, 9.17) is 10.2 Å². The van der Waals surface area contributed by atoms with Gasteiger partial charge in [-0.2, -0.15) is 5.26 Å². The Hall–Kier alpha value is -2.65. The van der Waals surface area contributed by atoms with Gasteiger partial charge in [0.2, 0.25) is 0 Å². The third kappa shape index (κ3) is 3.49. The SMILES string of the molecule is C[C@@H]1CCCN1c1cc(C2CCNC2)cc(Nc2cc(C#N)ccn2)n1. The van der Waals surface area contributed by atoms with Crippen molar-refractivity contribution in [2.75, 3.05) is 29.9 Å². The van der Waals surface area contributed by atoms with Gasteiger partial charge >= 0.3 is 0 Å². The summed E-state index contributed by atoms with van der Waals surface area (Å²) in [4.78, 5) is 11.6. The van der Waals surface area contributed by atoms with Crippen LogP contribution in [0.25, 0.3) is 0 Å². The second-order valence-electron chi connectivity index (χ2n) is 7.18. The lowest BCUT2D eigenvalue weighted by atomic mass is 9.99. The number of nitrogens with one attached hydrogen (secondary N) is 2. The van der Waals surface area contributed by atoms with Crippen LogP contribution in [0.2, 0.25) is 0 Å². The summed E-state index contributed by atoms with van der Waals surface area (Å²) in [5.74, 6) is 3.01. The summed E-state index contributed by atoms with van der Waals surface area (Å²) >= 11 is 0.